The molecule has 1 aromatic rings. The minimum absolute atomic E-state index is 0.0358. The van der Waals surface area contributed by atoms with Gasteiger partial charge in [-0.2, -0.15) is 0 Å². The zero-order valence-electron chi connectivity index (χ0n) is 12.9. The Balaban J connectivity index is 1.55. The maximum atomic E-state index is 12.1. The molecule has 1 amide bonds. The quantitative estimate of drug-likeness (QED) is 0.903. The number of carbonyl (C=O) groups is 1. The van der Waals surface area contributed by atoms with E-state index in [2.05, 4.69) is 0 Å². The average molecular weight is 304 g/mol. The summed E-state index contributed by atoms with van der Waals surface area (Å²) in [4.78, 5) is 12.1. The number of rotatable bonds is 5. The van der Waals surface area contributed by atoms with Gasteiger partial charge in [-0.3, -0.25) is 4.79 Å². The van der Waals surface area contributed by atoms with Crippen molar-refractivity contribution in [2.75, 3.05) is 13.2 Å². The molecule has 1 unspecified atom stereocenters. The predicted molar refractivity (Wildman–Crippen MR) is 82.5 cm³/mol. The van der Waals surface area contributed by atoms with Crippen LogP contribution in [-0.4, -0.2) is 46.5 Å². The van der Waals surface area contributed by atoms with Gasteiger partial charge < -0.3 is 9.84 Å². The van der Waals surface area contributed by atoms with E-state index in [9.17, 15) is 9.90 Å². The van der Waals surface area contributed by atoms with E-state index >= 15 is 0 Å². The SMILES string of the molecule is O=C1CCCC(O)N1N1CCC[C@H]1COCc1ccccc1. The maximum absolute atomic E-state index is 12.1. The Bertz CT molecular complexity index is 494. The van der Waals surface area contributed by atoms with Gasteiger partial charge in [-0.25, -0.2) is 10.0 Å². The number of nitrogens with zero attached hydrogens (tertiary/aromatic N) is 2. The average Bonchev–Trinajstić information content (AvgIpc) is 2.96. The van der Waals surface area contributed by atoms with Crippen LogP contribution in [0.2, 0.25) is 0 Å². The number of amides is 1. The Kier molecular flexibility index (Phi) is 5.08. The summed E-state index contributed by atoms with van der Waals surface area (Å²) >= 11 is 0. The summed E-state index contributed by atoms with van der Waals surface area (Å²) in [6, 6.07) is 10.3. The minimum Gasteiger partial charge on any atom is -0.375 e. The molecule has 22 heavy (non-hydrogen) atoms. The third kappa shape index (κ3) is 3.48. The Morgan fingerprint density at radius 2 is 2.00 bits per heavy atom. The van der Waals surface area contributed by atoms with Crippen molar-refractivity contribution in [2.24, 2.45) is 0 Å². The van der Waals surface area contributed by atoms with E-state index in [1.54, 1.807) is 5.01 Å². The second-order valence-corrected chi connectivity index (χ2v) is 6.07. The molecule has 2 aliphatic heterocycles. The molecule has 0 spiro atoms. The van der Waals surface area contributed by atoms with Crippen LogP contribution >= 0.6 is 0 Å². The lowest BCUT2D eigenvalue weighted by Crippen LogP contribution is -2.56. The van der Waals surface area contributed by atoms with Crippen LogP contribution in [0.4, 0.5) is 0 Å². The first-order valence-electron chi connectivity index (χ1n) is 8.14. The lowest BCUT2D eigenvalue weighted by atomic mass is 10.1. The Morgan fingerprint density at radius 1 is 1.18 bits per heavy atom. The monoisotopic (exact) mass is 304 g/mol. The number of ether oxygens (including phenoxy) is 1. The summed E-state index contributed by atoms with van der Waals surface area (Å²) in [5.41, 5.74) is 1.15. The smallest absolute Gasteiger partial charge is 0.239 e. The van der Waals surface area contributed by atoms with Crippen molar-refractivity contribution in [3.05, 3.63) is 35.9 Å². The van der Waals surface area contributed by atoms with Crippen molar-refractivity contribution < 1.29 is 14.6 Å². The molecule has 0 aliphatic carbocycles. The third-order valence-electron chi connectivity index (χ3n) is 4.44. The van der Waals surface area contributed by atoms with Crippen LogP contribution < -0.4 is 0 Å². The van der Waals surface area contributed by atoms with Crippen LogP contribution in [0.1, 0.15) is 37.7 Å². The molecule has 2 heterocycles. The minimum atomic E-state index is -0.670. The first kappa shape index (κ1) is 15.5. The van der Waals surface area contributed by atoms with Crippen molar-refractivity contribution in [3.8, 4) is 0 Å². The van der Waals surface area contributed by atoms with Gasteiger partial charge in [0.15, 0.2) is 0 Å². The van der Waals surface area contributed by atoms with Crippen LogP contribution in [0, 0.1) is 0 Å². The third-order valence-corrected chi connectivity index (χ3v) is 4.44. The summed E-state index contributed by atoms with van der Waals surface area (Å²) < 4.78 is 5.83. The predicted octanol–water partition coefficient (Wildman–Crippen LogP) is 1.91. The highest BCUT2D eigenvalue weighted by atomic mass is 16.5. The summed E-state index contributed by atoms with van der Waals surface area (Å²) in [6.45, 7) is 2.00. The fraction of sp³-hybridized carbons (Fsp3) is 0.588. The summed E-state index contributed by atoms with van der Waals surface area (Å²) in [5, 5.41) is 13.7. The van der Waals surface area contributed by atoms with Gasteiger partial charge in [0.05, 0.1) is 19.3 Å². The van der Waals surface area contributed by atoms with Crippen LogP contribution in [0.3, 0.4) is 0 Å². The normalized spacial score (nSPS) is 26.6. The van der Waals surface area contributed by atoms with Crippen LogP contribution in [0.15, 0.2) is 30.3 Å². The molecule has 2 saturated heterocycles. The fourth-order valence-corrected chi connectivity index (χ4v) is 3.31. The number of carbonyl (C=O) groups excluding carboxylic acids is 1. The van der Waals surface area contributed by atoms with Gasteiger partial charge in [-0.15, -0.1) is 0 Å². The highest BCUT2D eigenvalue weighted by Gasteiger charge is 2.37. The zero-order valence-corrected chi connectivity index (χ0v) is 12.9. The van der Waals surface area contributed by atoms with E-state index in [1.807, 2.05) is 35.3 Å². The number of aliphatic hydroxyl groups excluding tert-OH is 1. The summed E-state index contributed by atoms with van der Waals surface area (Å²) in [6.07, 6.45) is 3.35. The molecule has 120 valence electrons. The molecule has 0 radical (unpaired) electrons. The van der Waals surface area contributed by atoms with Gasteiger partial charge in [-0.05, 0) is 31.2 Å². The van der Waals surface area contributed by atoms with E-state index in [1.165, 1.54) is 0 Å². The lowest BCUT2D eigenvalue weighted by molar-refractivity contribution is -0.190. The second-order valence-electron chi connectivity index (χ2n) is 6.07. The largest absolute Gasteiger partial charge is 0.375 e. The molecule has 5 heteroatoms. The van der Waals surface area contributed by atoms with E-state index in [0.717, 1.165) is 31.4 Å². The molecule has 2 atom stereocenters. The van der Waals surface area contributed by atoms with E-state index in [0.29, 0.717) is 26.1 Å². The van der Waals surface area contributed by atoms with Gasteiger partial charge in [0.1, 0.15) is 6.23 Å². The van der Waals surface area contributed by atoms with Crippen LogP contribution in [-0.2, 0) is 16.1 Å². The topological polar surface area (TPSA) is 53.0 Å². The highest BCUT2D eigenvalue weighted by molar-refractivity contribution is 5.76. The second kappa shape index (κ2) is 7.22. The van der Waals surface area contributed by atoms with Gasteiger partial charge in [0, 0.05) is 13.0 Å². The molecule has 5 nitrogen and oxygen atoms in total. The number of hydrogen-bond acceptors (Lipinski definition) is 4. The van der Waals surface area contributed by atoms with Crippen molar-refractivity contribution in [3.63, 3.8) is 0 Å². The first-order valence-corrected chi connectivity index (χ1v) is 8.14. The standard InChI is InChI=1S/C17H24N2O3/c20-16-9-4-10-17(21)19(16)18-11-5-8-15(18)13-22-12-14-6-2-1-3-7-14/h1-3,6-7,15-16,20H,4-5,8-13H2/t15-,16?/m0/s1. The molecule has 1 N–H and O–H groups in total. The number of benzene rings is 1. The van der Waals surface area contributed by atoms with Crippen molar-refractivity contribution in [2.45, 2.75) is 51.0 Å². The van der Waals surface area contributed by atoms with Gasteiger partial charge in [-0.1, -0.05) is 30.3 Å². The molecule has 2 aliphatic rings. The van der Waals surface area contributed by atoms with Crippen molar-refractivity contribution in [1.82, 2.24) is 10.0 Å². The molecule has 0 saturated carbocycles. The summed E-state index contributed by atoms with van der Waals surface area (Å²) in [5.74, 6) is 0.0358. The summed E-state index contributed by atoms with van der Waals surface area (Å²) in [7, 11) is 0. The Hall–Kier alpha value is -1.43. The molecule has 3 rings (SSSR count). The number of hydrogen-bond donors (Lipinski definition) is 1. The van der Waals surface area contributed by atoms with E-state index in [4.69, 9.17) is 4.74 Å². The number of hydrazine groups is 1. The molecule has 0 aromatic heterocycles. The molecule has 2 fully saturated rings. The van der Waals surface area contributed by atoms with E-state index in [-0.39, 0.29) is 11.9 Å². The molecular formula is C17H24N2O3. The van der Waals surface area contributed by atoms with Crippen LogP contribution in [0.5, 0.6) is 0 Å². The Labute approximate surface area is 131 Å². The number of aliphatic hydroxyl groups is 1. The van der Waals surface area contributed by atoms with Gasteiger partial charge in [0.2, 0.25) is 5.91 Å². The zero-order chi connectivity index (χ0) is 15.4. The van der Waals surface area contributed by atoms with Crippen molar-refractivity contribution in [1.29, 1.82) is 0 Å². The van der Waals surface area contributed by atoms with Gasteiger partial charge >= 0.3 is 0 Å². The Morgan fingerprint density at radius 3 is 2.77 bits per heavy atom. The lowest BCUT2D eigenvalue weighted by Gasteiger charge is -2.41. The fourth-order valence-electron chi connectivity index (χ4n) is 3.31. The molecule has 1 aromatic carbocycles. The maximum Gasteiger partial charge on any atom is 0.239 e. The van der Waals surface area contributed by atoms with Gasteiger partial charge in [0.25, 0.3) is 0 Å². The first-order chi connectivity index (χ1) is 10.8. The van der Waals surface area contributed by atoms with Crippen molar-refractivity contribution >= 4 is 5.91 Å². The number of piperidine rings is 1. The molecular weight excluding hydrogens is 280 g/mol. The van der Waals surface area contributed by atoms with Crippen LogP contribution in [0.25, 0.3) is 0 Å². The van der Waals surface area contributed by atoms with E-state index < -0.39 is 6.23 Å². The highest BCUT2D eigenvalue weighted by Crippen LogP contribution is 2.26. The molecule has 0 bridgehead atoms.